The van der Waals surface area contributed by atoms with Crippen molar-refractivity contribution in [3.05, 3.63) is 70.3 Å². The van der Waals surface area contributed by atoms with Gasteiger partial charge in [0, 0.05) is 49.9 Å². The predicted molar refractivity (Wildman–Crippen MR) is 155 cm³/mol. The molecule has 4 rings (SSSR count). The fraction of sp³-hybridized carbons (Fsp3) is 0.545. The Hall–Kier alpha value is -3.02. The van der Waals surface area contributed by atoms with Crippen LogP contribution in [0.5, 0.6) is 5.75 Å². The molecule has 0 saturated carbocycles. The number of hydrogen-bond acceptors (Lipinski definition) is 6. The first-order valence-electron chi connectivity index (χ1n) is 15.0. The Kier molecular flexibility index (Phi) is 11.1. The van der Waals surface area contributed by atoms with E-state index in [-0.39, 0.29) is 56.7 Å². The smallest absolute Gasteiger partial charge is 0.456 e. The molecule has 44 heavy (non-hydrogen) atoms. The summed E-state index contributed by atoms with van der Waals surface area (Å²) in [5.74, 6) is -3.25. The third-order valence-corrected chi connectivity index (χ3v) is 7.65. The Labute approximate surface area is 255 Å². The van der Waals surface area contributed by atoms with E-state index in [2.05, 4.69) is 9.47 Å². The fourth-order valence-electron chi connectivity index (χ4n) is 5.84. The van der Waals surface area contributed by atoms with Crippen LogP contribution in [0.4, 0.5) is 22.0 Å². The molecule has 0 fully saturated rings. The van der Waals surface area contributed by atoms with Gasteiger partial charge < -0.3 is 18.9 Å². The van der Waals surface area contributed by atoms with E-state index in [0.717, 1.165) is 34.4 Å². The second-order valence-corrected chi connectivity index (χ2v) is 11.7. The number of ether oxygens (including phenoxy) is 4. The van der Waals surface area contributed by atoms with Gasteiger partial charge >= 0.3 is 12.1 Å². The van der Waals surface area contributed by atoms with Crippen molar-refractivity contribution in [2.24, 2.45) is 0 Å². The summed E-state index contributed by atoms with van der Waals surface area (Å²) in [5.41, 5.74) is 2.46. The molecule has 0 aromatic heterocycles. The van der Waals surface area contributed by atoms with Crippen LogP contribution in [0, 0.1) is 11.6 Å². The van der Waals surface area contributed by atoms with Crippen LogP contribution >= 0.6 is 0 Å². The van der Waals surface area contributed by atoms with E-state index in [1.54, 1.807) is 0 Å². The number of carbonyl (C=O) groups excluding carboxylic acids is 1. The van der Waals surface area contributed by atoms with Gasteiger partial charge in [0.25, 0.3) is 0 Å². The van der Waals surface area contributed by atoms with E-state index >= 15 is 8.78 Å². The van der Waals surface area contributed by atoms with Crippen molar-refractivity contribution in [3.8, 4) is 5.75 Å². The molecule has 0 amide bonds. The molecule has 2 aromatic rings. The number of alkyl halides is 3. The standard InChI is InChI=1S/C33H40F5NO5/c1-5-42-31(40)33(37,38)44-15-9-13-41-12-8-14-43-23-18-27(34)29(28(35)19-23)30-26-17-22-10-6-7-11-24(22)25(26)16-21(2)39(30)20-32(3,4)36/h6-7,10-11,18-19,21,30H,5,8-9,12-17,20H2,1-4H3/t21-,30+/m1/s1. The number of benzene rings is 2. The van der Waals surface area contributed by atoms with Crippen molar-refractivity contribution >= 4 is 11.5 Å². The Bertz CT molecular complexity index is 1320. The molecule has 0 unspecified atom stereocenters. The highest BCUT2D eigenvalue weighted by Crippen LogP contribution is 2.50. The van der Waals surface area contributed by atoms with E-state index < -0.39 is 42.0 Å². The summed E-state index contributed by atoms with van der Waals surface area (Å²) in [6.45, 7) is 6.16. The van der Waals surface area contributed by atoms with Crippen LogP contribution < -0.4 is 4.74 Å². The lowest BCUT2D eigenvalue weighted by atomic mass is 9.84. The van der Waals surface area contributed by atoms with E-state index in [1.807, 2.05) is 36.1 Å². The highest BCUT2D eigenvalue weighted by atomic mass is 19.3. The van der Waals surface area contributed by atoms with Gasteiger partial charge in [-0.25, -0.2) is 18.0 Å². The van der Waals surface area contributed by atoms with Gasteiger partial charge in [-0.1, -0.05) is 24.3 Å². The normalized spacial score (nSPS) is 18.8. The average molecular weight is 626 g/mol. The molecule has 2 atom stereocenters. The molecule has 11 heteroatoms. The van der Waals surface area contributed by atoms with Gasteiger partial charge in [0.15, 0.2) is 0 Å². The number of hydrogen-bond donors (Lipinski definition) is 0. The molecule has 0 N–H and O–H groups in total. The van der Waals surface area contributed by atoms with E-state index in [4.69, 9.17) is 9.47 Å². The van der Waals surface area contributed by atoms with Crippen LogP contribution in [0.3, 0.4) is 0 Å². The van der Waals surface area contributed by atoms with Crippen molar-refractivity contribution in [1.82, 2.24) is 4.90 Å². The highest BCUT2D eigenvalue weighted by Gasteiger charge is 2.43. The summed E-state index contributed by atoms with van der Waals surface area (Å²) in [6.07, 6.45) is -2.31. The summed E-state index contributed by atoms with van der Waals surface area (Å²) in [6, 6.07) is 9.35. The van der Waals surface area contributed by atoms with Crippen LogP contribution in [0.2, 0.25) is 0 Å². The zero-order chi connectivity index (χ0) is 32.1. The number of fused-ring (bicyclic) bond motifs is 2. The third-order valence-electron chi connectivity index (χ3n) is 7.65. The molecule has 2 aromatic carbocycles. The lowest BCUT2D eigenvalue weighted by Gasteiger charge is -2.44. The van der Waals surface area contributed by atoms with Crippen LogP contribution in [0.1, 0.15) is 69.7 Å². The number of nitrogens with zero attached hydrogens (tertiary/aromatic N) is 1. The van der Waals surface area contributed by atoms with Crippen molar-refractivity contribution in [2.45, 2.75) is 77.2 Å². The first kappa shape index (κ1) is 33.9. The van der Waals surface area contributed by atoms with E-state index in [9.17, 15) is 18.0 Å². The molecule has 1 aliphatic heterocycles. The average Bonchev–Trinajstić information content (AvgIpc) is 3.30. The van der Waals surface area contributed by atoms with Gasteiger partial charge in [-0.05, 0) is 69.2 Å². The molecule has 2 aliphatic rings. The summed E-state index contributed by atoms with van der Waals surface area (Å²) in [7, 11) is 0. The molecule has 0 saturated heterocycles. The minimum Gasteiger partial charge on any atom is -0.493 e. The Morgan fingerprint density at radius 3 is 2.32 bits per heavy atom. The number of carbonyl (C=O) groups is 1. The maximum Gasteiger partial charge on any atom is 0.456 e. The zero-order valence-electron chi connectivity index (χ0n) is 25.6. The first-order chi connectivity index (χ1) is 20.8. The van der Waals surface area contributed by atoms with Crippen molar-refractivity contribution in [3.63, 3.8) is 0 Å². The lowest BCUT2D eigenvalue weighted by Crippen LogP contribution is -2.47. The third kappa shape index (κ3) is 8.17. The molecule has 0 bridgehead atoms. The van der Waals surface area contributed by atoms with E-state index in [1.165, 1.54) is 20.8 Å². The topological polar surface area (TPSA) is 57.2 Å². The van der Waals surface area contributed by atoms with Gasteiger partial charge in [0.05, 0.1) is 25.9 Å². The van der Waals surface area contributed by atoms with Gasteiger partial charge in [-0.3, -0.25) is 4.90 Å². The van der Waals surface area contributed by atoms with Crippen molar-refractivity contribution in [2.75, 3.05) is 39.6 Å². The molecule has 0 spiro atoms. The number of halogens is 5. The molecule has 6 nitrogen and oxygen atoms in total. The van der Waals surface area contributed by atoms with Crippen LogP contribution in [-0.4, -0.2) is 68.3 Å². The quantitative estimate of drug-likeness (QED) is 0.119. The molecular formula is C33H40F5NO5. The number of rotatable bonds is 15. The zero-order valence-corrected chi connectivity index (χ0v) is 25.6. The Morgan fingerprint density at radius 2 is 1.66 bits per heavy atom. The van der Waals surface area contributed by atoms with Gasteiger partial charge in [0.2, 0.25) is 0 Å². The largest absolute Gasteiger partial charge is 0.493 e. The monoisotopic (exact) mass is 625 g/mol. The second-order valence-electron chi connectivity index (χ2n) is 11.7. The minimum atomic E-state index is -4.01. The maximum atomic E-state index is 15.8. The summed E-state index contributed by atoms with van der Waals surface area (Å²) in [4.78, 5) is 13.0. The second kappa shape index (κ2) is 14.4. The van der Waals surface area contributed by atoms with Crippen molar-refractivity contribution in [1.29, 1.82) is 0 Å². The van der Waals surface area contributed by atoms with E-state index in [0.29, 0.717) is 19.3 Å². The summed E-state index contributed by atoms with van der Waals surface area (Å²) < 4.78 is 92.8. The van der Waals surface area contributed by atoms with Crippen LogP contribution in [-0.2, 0) is 25.4 Å². The molecule has 1 aliphatic carbocycles. The molecule has 242 valence electrons. The first-order valence-corrected chi connectivity index (χ1v) is 15.0. The lowest BCUT2D eigenvalue weighted by molar-refractivity contribution is -0.250. The van der Waals surface area contributed by atoms with Crippen molar-refractivity contribution < 1.29 is 45.7 Å². The van der Waals surface area contributed by atoms with Crippen LogP contribution in [0.15, 0.2) is 42.0 Å². The maximum absolute atomic E-state index is 15.8. The summed E-state index contributed by atoms with van der Waals surface area (Å²) >= 11 is 0. The SMILES string of the molecule is CCOC(=O)C(F)(F)OCCCOCCCOc1cc(F)c([C@@H]2C3=C(C[C@@H](C)N2CC(C)(C)F)c2ccccc2C3)c(F)c1. The van der Waals surface area contributed by atoms with Gasteiger partial charge in [-0.2, -0.15) is 8.78 Å². The van der Waals surface area contributed by atoms with Gasteiger partial charge in [-0.15, -0.1) is 0 Å². The summed E-state index contributed by atoms with van der Waals surface area (Å²) in [5, 5.41) is 0. The van der Waals surface area contributed by atoms with Gasteiger partial charge in [0.1, 0.15) is 23.1 Å². The Balaban J connectivity index is 1.35. The Morgan fingerprint density at radius 1 is 1.00 bits per heavy atom. The molecule has 1 heterocycles. The fourth-order valence-corrected chi connectivity index (χ4v) is 5.84. The predicted octanol–water partition coefficient (Wildman–Crippen LogP) is 7.21. The number of esters is 1. The minimum absolute atomic E-state index is 0.0169. The molecular weight excluding hydrogens is 585 g/mol. The highest BCUT2D eigenvalue weighted by molar-refractivity contribution is 5.79. The molecule has 0 radical (unpaired) electrons. The van der Waals surface area contributed by atoms with Crippen LogP contribution in [0.25, 0.3) is 5.57 Å².